The quantitative estimate of drug-likeness (QED) is 0.503. The average molecular weight is 374 g/mol. The Labute approximate surface area is 153 Å². The van der Waals surface area contributed by atoms with Crippen LogP contribution < -0.4 is 5.56 Å². The van der Waals surface area contributed by atoms with Crippen molar-refractivity contribution < 1.29 is 4.42 Å². The molecule has 3 aromatic rings. The first-order valence-electron chi connectivity index (χ1n) is 8.21. The van der Waals surface area contributed by atoms with Crippen LogP contribution in [0.2, 0.25) is 0 Å². The predicted octanol–water partition coefficient (Wildman–Crippen LogP) is 3.44. The molecular weight excluding hydrogens is 356 g/mol. The van der Waals surface area contributed by atoms with Crippen LogP contribution in [0, 0.1) is 0 Å². The Hall–Kier alpha value is -1.93. The summed E-state index contributed by atoms with van der Waals surface area (Å²) in [5, 5.41) is 9.31. The monoisotopic (exact) mass is 374 g/mol. The topological polar surface area (TPSA) is 73.8 Å². The van der Waals surface area contributed by atoms with Crippen molar-refractivity contribution in [3.05, 3.63) is 45.2 Å². The van der Waals surface area contributed by atoms with Crippen molar-refractivity contribution in [2.45, 2.75) is 44.4 Å². The standard InChI is InChI=1S/C17H18N4O2S2/c1-10(2)8-24-17-20-19-13(23-17)7-21-9-18-15-14(16(21)22)11-5-3-4-6-12(11)25-15/h9H,1,3-8H2,2H3. The first-order chi connectivity index (χ1) is 12.1. The molecule has 130 valence electrons. The number of aryl methyl sites for hydroxylation is 2. The molecule has 0 saturated heterocycles. The number of rotatable bonds is 5. The minimum atomic E-state index is -0.0151. The molecule has 3 aromatic heterocycles. The van der Waals surface area contributed by atoms with Gasteiger partial charge in [0.15, 0.2) is 0 Å². The van der Waals surface area contributed by atoms with Gasteiger partial charge in [-0.05, 0) is 38.2 Å². The molecule has 0 bridgehead atoms. The van der Waals surface area contributed by atoms with E-state index in [1.54, 1.807) is 22.2 Å². The van der Waals surface area contributed by atoms with Gasteiger partial charge in [0.2, 0.25) is 5.89 Å². The summed E-state index contributed by atoms with van der Waals surface area (Å²) in [7, 11) is 0. The van der Waals surface area contributed by atoms with Crippen molar-refractivity contribution in [1.82, 2.24) is 19.7 Å². The van der Waals surface area contributed by atoms with E-state index in [0.717, 1.165) is 40.8 Å². The largest absolute Gasteiger partial charge is 0.414 e. The third-order valence-corrected chi connectivity index (χ3v) is 6.39. The molecule has 25 heavy (non-hydrogen) atoms. The van der Waals surface area contributed by atoms with Crippen LogP contribution >= 0.6 is 23.1 Å². The van der Waals surface area contributed by atoms with Gasteiger partial charge >= 0.3 is 0 Å². The first kappa shape index (κ1) is 16.5. The van der Waals surface area contributed by atoms with Crippen LogP contribution in [0.4, 0.5) is 0 Å². The number of thioether (sulfide) groups is 1. The van der Waals surface area contributed by atoms with E-state index < -0.39 is 0 Å². The fourth-order valence-electron chi connectivity index (χ4n) is 2.98. The second kappa shape index (κ2) is 6.76. The van der Waals surface area contributed by atoms with Gasteiger partial charge in [0.05, 0.1) is 11.7 Å². The van der Waals surface area contributed by atoms with Crippen molar-refractivity contribution in [3.63, 3.8) is 0 Å². The predicted molar refractivity (Wildman–Crippen MR) is 99.5 cm³/mol. The molecule has 1 aliphatic carbocycles. The summed E-state index contributed by atoms with van der Waals surface area (Å²) in [5.74, 6) is 1.15. The van der Waals surface area contributed by atoms with Gasteiger partial charge in [-0.1, -0.05) is 23.9 Å². The number of hydrogen-bond donors (Lipinski definition) is 0. The Morgan fingerprint density at radius 1 is 1.40 bits per heavy atom. The molecule has 0 unspecified atom stereocenters. The Bertz CT molecular complexity index is 1000. The van der Waals surface area contributed by atoms with Crippen molar-refractivity contribution in [1.29, 1.82) is 0 Å². The molecule has 8 heteroatoms. The summed E-state index contributed by atoms with van der Waals surface area (Å²) in [4.78, 5) is 19.6. The SMILES string of the molecule is C=C(C)CSc1nnc(Cn2cnc3sc4c(c3c2=O)CCCC4)o1. The lowest BCUT2D eigenvalue weighted by atomic mass is 9.97. The lowest BCUT2D eigenvalue weighted by Crippen LogP contribution is -2.21. The van der Waals surface area contributed by atoms with E-state index >= 15 is 0 Å². The highest BCUT2D eigenvalue weighted by molar-refractivity contribution is 7.99. The molecule has 0 aliphatic heterocycles. The maximum absolute atomic E-state index is 12.9. The number of thiophene rings is 1. The lowest BCUT2D eigenvalue weighted by molar-refractivity contribution is 0.402. The zero-order valence-corrected chi connectivity index (χ0v) is 15.6. The highest BCUT2D eigenvalue weighted by atomic mass is 32.2. The van der Waals surface area contributed by atoms with E-state index in [4.69, 9.17) is 4.42 Å². The number of fused-ring (bicyclic) bond motifs is 3. The van der Waals surface area contributed by atoms with E-state index in [1.165, 1.54) is 28.6 Å². The summed E-state index contributed by atoms with van der Waals surface area (Å²) in [5.41, 5.74) is 2.22. The smallest absolute Gasteiger partial charge is 0.276 e. The summed E-state index contributed by atoms with van der Waals surface area (Å²) < 4.78 is 7.17. The Morgan fingerprint density at radius 2 is 2.24 bits per heavy atom. The fourth-order valence-corrected chi connectivity index (χ4v) is 4.83. The van der Waals surface area contributed by atoms with Gasteiger partial charge in [-0.2, -0.15) is 0 Å². The number of nitrogens with zero attached hydrogens (tertiary/aromatic N) is 4. The normalized spacial score (nSPS) is 14.0. The second-order valence-electron chi connectivity index (χ2n) is 6.28. The number of hydrogen-bond acceptors (Lipinski definition) is 7. The maximum Gasteiger partial charge on any atom is 0.276 e. The lowest BCUT2D eigenvalue weighted by Gasteiger charge is -2.10. The molecule has 6 nitrogen and oxygen atoms in total. The van der Waals surface area contributed by atoms with Crippen molar-refractivity contribution in [3.8, 4) is 0 Å². The maximum atomic E-state index is 12.9. The molecule has 0 radical (unpaired) electrons. The zero-order chi connectivity index (χ0) is 17.4. The highest BCUT2D eigenvalue weighted by Crippen LogP contribution is 2.33. The molecule has 3 heterocycles. The van der Waals surface area contributed by atoms with E-state index in [0.29, 0.717) is 11.1 Å². The summed E-state index contributed by atoms with van der Waals surface area (Å²) in [6, 6.07) is 0. The van der Waals surface area contributed by atoms with Crippen LogP contribution in [0.25, 0.3) is 10.2 Å². The minimum absolute atomic E-state index is 0.0151. The first-order valence-corrected chi connectivity index (χ1v) is 10.0. The summed E-state index contributed by atoms with van der Waals surface area (Å²) >= 11 is 3.10. The van der Waals surface area contributed by atoms with E-state index in [2.05, 4.69) is 21.8 Å². The molecule has 0 spiro atoms. The second-order valence-corrected chi connectivity index (χ2v) is 8.29. The third kappa shape index (κ3) is 3.28. The van der Waals surface area contributed by atoms with Gasteiger partial charge < -0.3 is 4.42 Å². The Morgan fingerprint density at radius 3 is 3.08 bits per heavy atom. The molecule has 0 aromatic carbocycles. The fraction of sp³-hybridized carbons (Fsp3) is 0.412. The molecule has 0 fully saturated rings. The van der Waals surface area contributed by atoms with Crippen molar-refractivity contribution in [2.24, 2.45) is 0 Å². The van der Waals surface area contributed by atoms with Gasteiger partial charge in [0, 0.05) is 10.6 Å². The van der Waals surface area contributed by atoms with Crippen molar-refractivity contribution in [2.75, 3.05) is 5.75 Å². The molecule has 0 N–H and O–H groups in total. The van der Waals surface area contributed by atoms with Gasteiger partial charge in [-0.25, -0.2) is 4.98 Å². The Kier molecular flexibility index (Phi) is 4.47. The third-order valence-electron chi connectivity index (χ3n) is 4.14. The van der Waals surface area contributed by atoms with E-state index in [-0.39, 0.29) is 12.1 Å². The van der Waals surface area contributed by atoms with E-state index in [1.807, 2.05) is 6.92 Å². The summed E-state index contributed by atoms with van der Waals surface area (Å²) in [6.07, 6.45) is 5.94. The van der Waals surface area contributed by atoms with Crippen LogP contribution in [0.1, 0.15) is 36.1 Å². The molecule has 4 rings (SSSR count). The minimum Gasteiger partial charge on any atom is -0.414 e. The Balaban J connectivity index is 1.63. The van der Waals surface area contributed by atoms with Crippen LogP contribution in [0.5, 0.6) is 0 Å². The van der Waals surface area contributed by atoms with Gasteiger partial charge in [-0.15, -0.1) is 21.5 Å². The molecular formula is C17H18N4O2S2. The van der Waals surface area contributed by atoms with Gasteiger partial charge in [-0.3, -0.25) is 9.36 Å². The highest BCUT2D eigenvalue weighted by Gasteiger charge is 2.20. The molecule has 0 saturated carbocycles. The van der Waals surface area contributed by atoms with Gasteiger partial charge in [0.25, 0.3) is 10.8 Å². The van der Waals surface area contributed by atoms with Crippen molar-refractivity contribution >= 4 is 33.3 Å². The molecule has 1 aliphatic rings. The van der Waals surface area contributed by atoms with E-state index in [9.17, 15) is 4.79 Å². The van der Waals surface area contributed by atoms with Crippen LogP contribution in [0.15, 0.2) is 32.9 Å². The zero-order valence-electron chi connectivity index (χ0n) is 13.9. The molecule has 0 atom stereocenters. The van der Waals surface area contributed by atoms with Crippen LogP contribution in [0.3, 0.4) is 0 Å². The van der Waals surface area contributed by atoms with Crippen LogP contribution in [-0.4, -0.2) is 25.5 Å². The van der Waals surface area contributed by atoms with Gasteiger partial charge in [0.1, 0.15) is 11.4 Å². The number of aromatic nitrogens is 4. The summed E-state index contributed by atoms with van der Waals surface area (Å²) in [6.45, 7) is 6.05. The average Bonchev–Trinajstić information content (AvgIpc) is 3.20. The van der Waals surface area contributed by atoms with Crippen LogP contribution in [-0.2, 0) is 19.4 Å². The molecule has 0 amide bonds.